The van der Waals surface area contributed by atoms with Crippen molar-refractivity contribution in [2.45, 2.75) is 6.92 Å². The topological polar surface area (TPSA) is 77.5 Å². The number of nitrogens with zero attached hydrogens (tertiary/aromatic N) is 2. The predicted octanol–water partition coefficient (Wildman–Crippen LogP) is 4.30. The van der Waals surface area contributed by atoms with Gasteiger partial charge in [-0.25, -0.2) is 9.97 Å². The van der Waals surface area contributed by atoms with Crippen molar-refractivity contribution < 1.29 is 14.2 Å². The number of methoxy groups -OCH3 is 3. The van der Waals surface area contributed by atoms with E-state index in [0.717, 1.165) is 17.1 Å². The molecule has 140 valence electrons. The van der Waals surface area contributed by atoms with Gasteiger partial charge in [-0.15, -0.1) is 0 Å². The zero-order chi connectivity index (χ0) is 19.2. The van der Waals surface area contributed by atoms with Crippen LogP contribution in [0.15, 0.2) is 48.5 Å². The quantitative estimate of drug-likeness (QED) is 0.645. The van der Waals surface area contributed by atoms with Crippen LogP contribution in [0, 0.1) is 6.92 Å². The molecule has 1 heterocycles. The van der Waals surface area contributed by atoms with E-state index in [-0.39, 0.29) is 0 Å². The molecule has 0 aliphatic rings. The molecule has 0 bridgehead atoms. The van der Waals surface area contributed by atoms with Crippen LogP contribution in [0.1, 0.15) is 5.82 Å². The van der Waals surface area contributed by atoms with Crippen LogP contribution in [0.4, 0.5) is 23.0 Å². The Bertz CT molecular complexity index is 931. The number of hydrogen-bond acceptors (Lipinski definition) is 7. The molecular weight excluding hydrogens is 344 g/mol. The largest absolute Gasteiger partial charge is 0.495 e. The van der Waals surface area contributed by atoms with Crippen LogP contribution < -0.4 is 24.8 Å². The third-order valence-electron chi connectivity index (χ3n) is 3.86. The summed E-state index contributed by atoms with van der Waals surface area (Å²) in [6.45, 7) is 1.84. The second-order valence-corrected chi connectivity index (χ2v) is 5.71. The summed E-state index contributed by atoms with van der Waals surface area (Å²) in [7, 11) is 4.84. The van der Waals surface area contributed by atoms with Gasteiger partial charge in [-0.2, -0.15) is 0 Å². The van der Waals surface area contributed by atoms with Gasteiger partial charge in [0.2, 0.25) is 0 Å². The lowest BCUT2D eigenvalue weighted by Crippen LogP contribution is -2.02. The van der Waals surface area contributed by atoms with Crippen LogP contribution in [-0.4, -0.2) is 31.3 Å². The van der Waals surface area contributed by atoms with Gasteiger partial charge in [0.15, 0.2) is 11.5 Å². The standard InChI is InChI=1S/C20H22N4O3/c1-13-21-19(23-14-9-10-17(26-3)18(11-14)27-4)12-20(22-13)24-15-7-5-6-8-16(15)25-2/h5-12H,1-4H3,(H2,21,22,23,24). The van der Waals surface area contributed by atoms with E-state index in [9.17, 15) is 0 Å². The second kappa shape index (κ2) is 8.27. The summed E-state index contributed by atoms with van der Waals surface area (Å²) in [5, 5.41) is 6.54. The molecule has 2 N–H and O–H groups in total. The van der Waals surface area contributed by atoms with E-state index in [0.29, 0.717) is 29.0 Å². The molecule has 0 unspecified atom stereocenters. The fourth-order valence-corrected chi connectivity index (χ4v) is 2.64. The minimum atomic E-state index is 0.637. The zero-order valence-corrected chi connectivity index (χ0v) is 15.7. The number of aromatic nitrogens is 2. The fraction of sp³-hybridized carbons (Fsp3) is 0.200. The molecule has 0 saturated carbocycles. The number of aryl methyl sites for hydroxylation is 1. The average Bonchev–Trinajstić information content (AvgIpc) is 2.67. The molecule has 0 spiro atoms. The Hall–Kier alpha value is -3.48. The second-order valence-electron chi connectivity index (χ2n) is 5.71. The molecule has 7 nitrogen and oxygen atoms in total. The first-order chi connectivity index (χ1) is 13.1. The number of para-hydroxylation sites is 2. The highest BCUT2D eigenvalue weighted by Gasteiger charge is 2.08. The van der Waals surface area contributed by atoms with E-state index in [1.807, 2.05) is 55.5 Å². The SMILES string of the molecule is COc1ccccc1Nc1cc(Nc2ccc(OC)c(OC)c2)nc(C)n1. The van der Waals surface area contributed by atoms with E-state index in [1.54, 1.807) is 21.3 Å². The van der Waals surface area contributed by atoms with E-state index in [1.165, 1.54) is 0 Å². The minimum Gasteiger partial charge on any atom is -0.495 e. The van der Waals surface area contributed by atoms with E-state index >= 15 is 0 Å². The summed E-state index contributed by atoms with van der Waals surface area (Å²) in [4.78, 5) is 8.89. The third-order valence-corrected chi connectivity index (χ3v) is 3.86. The van der Waals surface area contributed by atoms with Gasteiger partial charge in [-0.1, -0.05) is 12.1 Å². The van der Waals surface area contributed by atoms with E-state index in [2.05, 4.69) is 20.6 Å². The lowest BCUT2D eigenvalue weighted by molar-refractivity contribution is 0.355. The van der Waals surface area contributed by atoms with Crippen molar-refractivity contribution in [2.75, 3.05) is 32.0 Å². The van der Waals surface area contributed by atoms with Crippen LogP contribution in [0.25, 0.3) is 0 Å². The molecule has 0 saturated heterocycles. The lowest BCUT2D eigenvalue weighted by Gasteiger charge is -2.13. The first kappa shape index (κ1) is 18.3. The molecule has 0 aliphatic heterocycles. The number of rotatable bonds is 7. The Morgan fingerprint density at radius 1 is 0.704 bits per heavy atom. The highest BCUT2D eigenvalue weighted by Crippen LogP contribution is 2.31. The van der Waals surface area contributed by atoms with Gasteiger partial charge in [-0.3, -0.25) is 0 Å². The number of hydrogen-bond donors (Lipinski definition) is 2. The number of benzene rings is 2. The smallest absolute Gasteiger partial charge is 0.162 e. The molecule has 0 radical (unpaired) electrons. The normalized spacial score (nSPS) is 10.2. The van der Waals surface area contributed by atoms with Crippen molar-refractivity contribution in [1.82, 2.24) is 9.97 Å². The van der Waals surface area contributed by atoms with Gasteiger partial charge in [0.05, 0.1) is 27.0 Å². The molecule has 0 amide bonds. The van der Waals surface area contributed by atoms with Crippen molar-refractivity contribution in [3.8, 4) is 17.2 Å². The maximum atomic E-state index is 5.37. The van der Waals surface area contributed by atoms with E-state index < -0.39 is 0 Å². The van der Waals surface area contributed by atoms with Crippen molar-refractivity contribution in [2.24, 2.45) is 0 Å². The summed E-state index contributed by atoms with van der Waals surface area (Å²) in [5.74, 6) is 4.00. The maximum Gasteiger partial charge on any atom is 0.162 e. The van der Waals surface area contributed by atoms with Crippen molar-refractivity contribution >= 4 is 23.0 Å². The molecule has 7 heteroatoms. The van der Waals surface area contributed by atoms with Gasteiger partial charge in [0, 0.05) is 17.8 Å². The summed E-state index contributed by atoms with van der Waals surface area (Å²) >= 11 is 0. The Morgan fingerprint density at radius 2 is 1.37 bits per heavy atom. The third kappa shape index (κ3) is 4.38. The predicted molar refractivity (Wildman–Crippen MR) is 106 cm³/mol. The molecule has 0 fully saturated rings. The zero-order valence-electron chi connectivity index (χ0n) is 15.7. The van der Waals surface area contributed by atoms with Gasteiger partial charge >= 0.3 is 0 Å². The average molecular weight is 366 g/mol. The van der Waals surface area contributed by atoms with Crippen LogP contribution in [-0.2, 0) is 0 Å². The summed E-state index contributed by atoms with van der Waals surface area (Å²) in [6, 6.07) is 15.1. The Balaban J connectivity index is 1.85. The van der Waals surface area contributed by atoms with Gasteiger partial charge in [0.1, 0.15) is 23.2 Å². The molecule has 0 aliphatic carbocycles. The highest BCUT2D eigenvalue weighted by molar-refractivity contribution is 5.68. The lowest BCUT2D eigenvalue weighted by atomic mass is 10.2. The van der Waals surface area contributed by atoms with Crippen LogP contribution in [0.2, 0.25) is 0 Å². The van der Waals surface area contributed by atoms with Gasteiger partial charge < -0.3 is 24.8 Å². The van der Waals surface area contributed by atoms with Gasteiger partial charge in [0.25, 0.3) is 0 Å². The van der Waals surface area contributed by atoms with Crippen LogP contribution in [0.3, 0.4) is 0 Å². The summed E-state index contributed by atoms with van der Waals surface area (Å²) in [6.07, 6.45) is 0. The Morgan fingerprint density at radius 3 is 2.07 bits per heavy atom. The van der Waals surface area contributed by atoms with Crippen molar-refractivity contribution in [1.29, 1.82) is 0 Å². The molecule has 3 rings (SSSR count). The van der Waals surface area contributed by atoms with Crippen LogP contribution in [0.5, 0.6) is 17.2 Å². The molecule has 0 atom stereocenters. The van der Waals surface area contributed by atoms with E-state index in [4.69, 9.17) is 14.2 Å². The monoisotopic (exact) mass is 366 g/mol. The molecular formula is C20H22N4O3. The fourth-order valence-electron chi connectivity index (χ4n) is 2.64. The molecule has 1 aromatic heterocycles. The number of ether oxygens (including phenoxy) is 3. The van der Waals surface area contributed by atoms with Gasteiger partial charge in [-0.05, 0) is 31.2 Å². The number of anilines is 4. The highest BCUT2D eigenvalue weighted by atomic mass is 16.5. The molecule has 27 heavy (non-hydrogen) atoms. The summed E-state index contributed by atoms with van der Waals surface area (Å²) < 4.78 is 16.0. The van der Waals surface area contributed by atoms with Crippen molar-refractivity contribution in [3.05, 3.63) is 54.4 Å². The Labute approximate surface area is 158 Å². The van der Waals surface area contributed by atoms with Crippen molar-refractivity contribution in [3.63, 3.8) is 0 Å². The molecule has 3 aromatic rings. The first-order valence-corrected chi connectivity index (χ1v) is 8.37. The first-order valence-electron chi connectivity index (χ1n) is 8.37. The summed E-state index contributed by atoms with van der Waals surface area (Å²) in [5.41, 5.74) is 1.66. The molecule has 2 aromatic carbocycles. The Kier molecular flexibility index (Phi) is 5.61. The van der Waals surface area contributed by atoms with Crippen LogP contribution >= 0.6 is 0 Å². The maximum absolute atomic E-state index is 5.37. The minimum absolute atomic E-state index is 0.637. The number of nitrogens with one attached hydrogen (secondary N) is 2.